The number of carboxylic acid groups (broad SMARTS) is 1. The van der Waals surface area contributed by atoms with Crippen LogP contribution in [0.25, 0.3) is 0 Å². The molecule has 2 N–H and O–H groups in total. The van der Waals surface area contributed by atoms with Crippen LogP contribution in [0, 0.1) is 0 Å². The molecule has 0 radical (unpaired) electrons. The first-order valence-electron chi connectivity index (χ1n) is 4.98. The van der Waals surface area contributed by atoms with E-state index < -0.39 is 51.0 Å². The van der Waals surface area contributed by atoms with Crippen LogP contribution < -0.4 is 108 Å². The standard InChI is InChI=1S/C10H10O9S.2K/c11-7(12)4-19-10(15)6-3-1-2-5(9(13)14)8(6)20(16,17)18;;/h1-3,7,11-12H,4H2,(H,13,14)(H,16,17,18);;/q;2*+1/p-2. The van der Waals surface area contributed by atoms with Gasteiger partial charge in [-0.15, -0.1) is 0 Å². The molecule has 0 saturated heterocycles. The number of ether oxygens (including phenoxy) is 1. The Morgan fingerprint density at radius 1 is 1.18 bits per heavy atom. The zero-order chi connectivity index (χ0) is 15.5. The van der Waals surface area contributed by atoms with E-state index in [0.29, 0.717) is 0 Å². The predicted octanol–water partition coefficient (Wildman–Crippen LogP) is -8.57. The number of aliphatic hydroxyl groups is 2. The topological polar surface area (TPSA) is 164 Å². The van der Waals surface area contributed by atoms with E-state index >= 15 is 0 Å². The fourth-order valence-corrected chi connectivity index (χ4v) is 2.20. The average Bonchev–Trinajstić information content (AvgIpc) is 2.33. The van der Waals surface area contributed by atoms with Gasteiger partial charge >= 0.3 is 109 Å². The molecule has 0 amide bonds. The van der Waals surface area contributed by atoms with Crippen molar-refractivity contribution >= 4 is 22.1 Å². The van der Waals surface area contributed by atoms with Crippen LogP contribution in [-0.4, -0.2) is 48.0 Å². The molecule has 0 aromatic heterocycles. The summed E-state index contributed by atoms with van der Waals surface area (Å²) in [5.74, 6) is -3.35. The number of rotatable bonds is 5. The molecule has 0 aliphatic rings. The van der Waals surface area contributed by atoms with Crippen LogP contribution in [0.2, 0.25) is 0 Å². The van der Waals surface area contributed by atoms with Crippen LogP contribution in [0.1, 0.15) is 20.7 Å². The second kappa shape index (κ2) is 11.0. The normalized spacial score (nSPS) is 10.4. The number of hydrogen-bond donors (Lipinski definition) is 2. The molecule has 0 bridgehead atoms. The van der Waals surface area contributed by atoms with Crippen LogP contribution in [0.4, 0.5) is 0 Å². The van der Waals surface area contributed by atoms with Crippen LogP contribution >= 0.6 is 0 Å². The van der Waals surface area contributed by atoms with Crippen LogP contribution in [0.3, 0.4) is 0 Å². The molecule has 0 fully saturated rings. The molecule has 0 spiro atoms. The molecule has 12 heteroatoms. The number of carbonyl (C=O) groups is 2. The van der Waals surface area contributed by atoms with Gasteiger partial charge in [-0.25, -0.2) is 13.2 Å². The summed E-state index contributed by atoms with van der Waals surface area (Å²) in [6.07, 6.45) is -2.00. The van der Waals surface area contributed by atoms with Crippen molar-refractivity contribution in [3.05, 3.63) is 29.3 Å². The first kappa shape index (κ1) is 25.5. The number of esters is 1. The second-order valence-electron chi connectivity index (χ2n) is 3.50. The minimum atomic E-state index is -5.29. The third-order valence-corrected chi connectivity index (χ3v) is 3.01. The van der Waals surface area contributed by atoms with E-state index in [9.17, 15) is 27.7 Å². The molecule has 1 aromatic carbocycles. The van der Waals surface area contributed by atoms with Crippen LogP contribution in [0.5, 0.6) is 0 Å². The third kappa shape index (κ3) is 7.44. The smallest absolute Gasteiger partial charge is 0.744 e. The van der Waals surface area contributed by atoms with Crippen molar-refractivity contribution in [3.8, 4) is 0 Å². The maximum Gasteiger partial charge on any atom is 1.00 e. The Balaban J connectivity index is 0. The zero-order valence-electron chi connectivity index (χ0n) is 11.7. The molecule has 9 nitrogen and oxygen atoms in total. The number of hydrogen-bond acceptors (Lipinski definition) is 9. The molecule has 1 rings (SSSR count). The van der Waals surface area contributed by atoms with Crippen molar-refractivity contribution in [2.75, 3.05) is 6.61 Å². The summed E-state index contributed by atoms with van der Waals surface area (Å²) in [5, 5.41) is 27.8. The monoisotopic (exact) mass is 382 g/mol. The van der Waals surface area contributed by atoms with Gasteiger partial charge in [0.15, 0.2) is 6.29 Å². The minimum absolute atomic E-state index is 0. The predicted molar refractivity (Wildman–Crippen MR) is 57.2 cm³/mol. The second-order valence-corrected chi connectivity index (χ2v) is 4.82. The van der Waals surface area contributed by atoms with E-state index in [-0.39, 0.29) is 103 Å². The summed E-state index contributed by atoms with van der Waals surface area (Å²) in [5.41, 5.74) is -1.82. The maximum absolute atomic E-state index is 11.5. The molecule has 0 aliphatic carbocycles. The van der Waals surface area contributed by atoms with Gasteiger partial charge in [0.25, 0.3) is 0 Å². The van der Waals surface area contributed by atoms with E-state index in [1.807, 2.05) is 0 Å². The molecule has 0 heterocycles. The van der Waals surface area contributed by atoms with E-state index in [1.54, 1.807) is 0 Å². The van der Waals surface area contributed by atoms with Crippen molar-refractivity contribution in [2.24, 2.45) is 0 Å². The van der Waals surface area contributed by atoms with Crippen molar-refractivity contribution in [2.45, 2.75) is 11.2 Å². The van der Waals surface area contributed by atoms with Gasteiger partial charge in [-0.1, -0.05) is 12.1 Å². The molecule has 22 heavy (non-hydrogen) atoms. The van der Waals surface area contributed by atoms with Crippen LogP contribution in [-0.2, 0) is 14.9 Å². The Morgan fingerprint density at radius 2 is 1.68 bits per heavy atom. The first-order valence-corrected chi connectivity index (χ1v) is 6.39. The fourth-order valence-electron chi connectivity index (χ4n) is 1.36. The number of carboxylic acids is 1. The van der Waals surface area contributed by atoms with Gasteiger partial charge in [0.05, 0.1) is 16.4 Å². The summed E-state index contributed by atoms with van der Waals surface area (Å²) in [4.78, 5) is 21.0. The van der Waals surface area contributed by atoms with Crippen molar-refractivity contribution in [3.63, 3.8) is 0 Å². The summed E-state index contributed by atoms with van der Waals surface area (Å²) in [6, 6.07) is 2.63. The number of benzene rings is 1. The van der Waals surface area contributed by atoms with E-state index in [0.717, 1.165) is 18.2 Å². The fraction of sp³-hybridized carbons (Fsp3) is 0.200. The summed E-state index contributed by atoms with van der Waals surface area (Å²) < 4.78 is 37.5. The van der Waals surface area contributed by atoms with Gasteiger partial charge in [0.1, 0.15) is 16.7 Å². The molecule has 0 unspecified atom stereocenters. The largest absolute Gasteiger partial charge is 1.00 e. The first-order chi connectivity index (χ1) is 9.14. The third-order valence-electron chi connectivity index (χ3n) is 2.07. The molecule has 1 aromatic rings. The van der Waals surface area contributed by atoms with Crippen LogP contribution in [0.15, 0.2) is 23.1 Å². The molecule has 110 valence electrons. The quantitative estimate of drug-likeness (QED) is 0.218. The SMILES string of the molecule is O=C([O-])c1cccc(C(=O)OCC(O)O)c1S(=O)(=O)[O-].[K+].[K+]. The summed E-state index contributed by atoms with van der Waals surface area (Å²) >= 11 is 0. The van der Waals surface area contributed by atoms with Crippen molar-refractivity contribution < 1.29 is 145 Å². The Morgan fingerprint density at radius 3 is 2.09 bits per heavy atom. The molecule has 0 saturated carbocycles. The molecular weight excluding hydrogens is 374 g/mol. The average molecular weight is 382 g/mol. The Kier molecular flexibility index (Phi) is 12.7. The number of aromatic carboxylic acids is 1. The maximum atomic E-state index is 11.5. The summed E-state index contributed by atoms with van der Waals surface area (Å²) in [7, 11) is -5.29. The van der Waals surface area contributed by atoms with E-state index in [2.05, 4.69) is 4.74 Å². The van der Waals surface area contributed by atoms with E-state index in [1.165, 1.54) is 0 Å². The van der Waals surface area contributed by atoms with Gasteiger partial charge in [0.2, 0.25) is 0 Å². The molecular formula is C10H8K2O9S. The molecule has 0 atom stereocenters. The number of carbonyl (C=O) groups excluding carboxylic acids is 2. The Bertz CT molecular complexity index is 642. The number of aliphatic hydroxyl groups excluding tert-OH is 1. The minimum Gasteiger partial charge on any atom is -0.744 e. The van der Waals surface area contributed by atoms with Crippen molar-refractivity contribution in [1.82, 2.24) is 0 Å². The zero-order valence-corrected chi connectivity index (χ0v) is 18.7. The molecule has 0 aliphatic heterocycles. The van der Waals surface area contributed by atoms with Gasteiger partial charge in [0, 0.05) is 5.56 Å². The van der Waals surface area contributed by atoms with Gasteiger partial charge in [-0.3, -0.25) is 0 Å². The van der Waals surface area contributed by atoms with Gasteiger partial charge in [-0.2, -0.15) is 0 Å². The van der Waals surface area contributed by atoms with Gasteiger partial charge < -0.3 is 29.4 Å². The Labute approximate surface area is 210 Å². The van der Waals surface area contributed by atoms with Crippen molar-refractivity contribution in [1.29, 1.82) is 0 Å². The van der Waals surface area contributed by atoms with Gasteiger partial charge in [-0.05, 0) is 6.07 Å². The Hall–Kier alpha value is 1.26. The van der Waals surface area contributed by atoms with E-state index in [4.69, 9.17) is 10.2 Å². The summed E-state index contributed by atoms with van der Waals surface area (Å²) in [6.45, 7) is -0.882.